The van der Waals surface area contributed by atoms with E-state index in [1.165, 1.54) is 5.56 Å². The molecule has 2 rings (SSSR count). The Bertz CT molecular complexity index is 447. The van der Waals surface area contributed by atoms with Crippen molar-refractivity contribution in [2.75, 3.05) is 47.0 Å². The summed E-state index contributed by atoms with van der Waals surface area (Å²) in [5.41, 5.74) is 1.25. The molecule has 2 N–H and O–H groups in total. The van der Waals surface area contributed by atoms with Gasteiger partial charge in [0.15, 0.2) is 5.11 Å². The van der Waals surface area contributed by atoms with Crippen LogP contribution in [0.2, 0.25) is 0 Å². The first kappa shape index (κ1) is 16.0. The van der Waals surface area contributed by atoms with Crippen LogP contribution in [0.1, 0.15) is 11.6 Å². The van der Waals surface area contributed by atoms with Crippen molar-refractivity contribution in [3.05, 3.63) is 29.8 Å². The fourth-order valence-corrected chi connectivity index (χ4v) is 2.53. The molecule has 21 heavy (non-hydrogen) atoms. The molecule has 0 spiro atoms. The van der Waals surface area contributed by atoms with Gasteiger partial charge in [0.2, 0.25) is 0 Å². The summed E-state index contributed by atoms with van der Waals surface area (Å²) in [4.78, 5) is 2.43. The normalized spacial score (nSPS) is 17.0. The maximum atomic E-state index is 5.45. The summed E-state index contributed by atoms with van der Waals surface area (Å²) in [6.07, 6.45) is 0. The van der Waals surface area contributed by atoms with E-state index < -0.39 is 0 Å². The van der Waals surface area contributed by atoms with E-state index in [1.54, 1.807) is 7.11 Å². The standard InChI is InChI=1S/C15H23N3O2S/c1-16-15(21)17-11-14(18-7-9-20-10-8-18)12-3-5-13(19-2)6-4-12/h3-6,14H,7-11H2,1-2H3,(H2,16,17,21). The summed E-state index contributed by atoms with van der Waals surface area (Å²) >= 11 is 5.18. The van der Waals surface area contributed by atoms with Crippen LogP contribution in [0.3, 0.4) is 0 Å². The summed E-state index contributed by atoms with van der Waals surface area (Å²) < 4.78 is 10.7. The number of ether oxygens (including phenoxy) is 2. The average Bonchev–Trinajstić information content (AvgIpc) is 2.56. The van der Waals surface area contributed by atoms with Gasteiger partial charge in [-0.15, -0.1) is 0 Å². The number of thiocarbonyl (C=S) groups is 1. The minimum atomic E-state index is 0.270. The fourth-order valence-electron chi connectivity index (χ4n) is 2.45. The molecule has 1 aliphatic heterocycles. The zero-order chi connectivity index (χ0) is 15.1. The van der Waals surface area contributed by atoms with Gasteiger partial charge in [-0.05, 0) is 29.9 Å². The number of hydrogen-bond donors (Lipinski definition) is 2. The molecule has 1 aromatic rings. The number of nitrogens with zero attached hydrogens (tertiary/aromatic N) is 1. The number of rotatable bonds is 5. The molecular weight excluding hydrogens is 286 g/mol. The molecule has 5 nitrogen and oxygen atoms in total. The minimum absolute atomic E-state index is 0.270. The molecule has 0 amide bonds. The van der Waals surface area contributed by atoms with Gasteiger partial charge >= 0.3 is 0 Å². The van der Waals surface area contributed by atoms with Crippen molar-refractivity contribution in [1.29, 1.82) is 0 Å². The van der Waals surface area contributed by atoms with Crippen LogP contribution in [0.25, 0.3) is 0 Å². The van der Waals surface area contributed by atoms with Crippen LogP contribution in [-0.2, 0) is 4.74 Å². The maximum Gasteiger partial charge on any atom is 0.166 e. The Morgan fingerprint density at radius 2 is 2.00 bits per heavy atom. The molecule has 116 valence electrons. The summed E-state index contributed by atoms with van der Waals surface area (Å²) in [5, 5.41) is 6.88. The highest BCUT2D eigenvalue weighted by Crippen LogP contribution is 2.23. The van der Waals surface area contributed by atoms with Crippen LogP contribution in [0.4, 0.5) is 0 Å². The zero-order valence-corrected chi connectivity index (χ0v) is 13.4. The maximum absolute atomic E-state index is 5.45. The Hall–Kier alpha value is -1.37. The lowest BCUT2D eigenvalue weighted by atomic mass is 10.0. The molecule has 0 aromatic heterocycles. The smallest absolute Gasteiger partial charge is 0.166 e. The topological polar surface area (TPSA) is 45.8 Å². The van der Waals surface area contributed by atoms with Crippen LogP contribution >= 0.6 is 12.2 Å². The molecule has 1 atom stereocenters. The van der Waals surface area contributed by atoms with Crippen LogP contribution in [0, 0.1) is 0 Å². The molecule has 1 fully saturated rings. The largest absolute Gasteiger partial charge is 0.497 e. The van der Waals surface area contributed by atoms with Gasteiger partial charge < -0.3 is 20.1 Å². The first-order valence-electron chi connectivity index (χ1n) is 7.16. The number of benzene rings is 1. The molecule has 1 aromatic carbocycles. The molecule has 0 bridgehead atoms. The highest BCUT2D eigenvalue weighted by Gasteiger charge is 2.22. The predicted octanol–water partition coefficient (Wildman–Crippen LogP) is 1.16. The van der Waals surface area contributed by atoms with E-state index in [4.69, 9.17) is 21.7 Å². The second-order valence-corrected chi connectivity index (χ2v) is 5.31. The van der Waals surface area contributed by atoms with E-state index in [-0.39, 0.29) is 6.04 Å². The van der Waals surface area contributed by atoms with Crippen LogP contribution in [-0.4, -0.2) is 57.0 Å². The Kier molecular flexibility index (Phi) is 6.22. The summed E-state index contributed by atoms with van der Waals surface area (Å²) in [6.45, 7) is 4.20. The average molecular weight is 309 g/mol. The van der Waals surface area contributed by atoms with E-state index >= 15 is 0 Å². The van der Waals surface area contributed by atoms with Crippen molar-refractivity contribution >= 4 is 17.3 Å². The van der Waals surface area contributed by atoms with Crippen molar-refractivity contribution < 1.29 is 9.47 Å². The van der Waals surface area contributed by atoms with Crippen molar-refractivity contribution in [2.45, 2.75) is 6.04 Å². The Morgan fingerprint density at radius 1 is 1.33 bits per heavy atom. The SMILES string of the molecule is CNC(=S)NCC(c1ccc(OC)cc1)N1CCOCC1. The van der Waals surface area contributed by atoms with E-state index in [9.17, 15) is 0 Å². The lowest BCUT2D eigenvalue weighted by Crippen LogP contribution is -2.45. The fraction of sp³-hybridized carbons (Fsp3) is 0.533. The Labute approximate surface area is 131 Å². The zero-order valence-electron chi connectivity index (χ0n) is 12.6. The van der Waals surface area contributed by atoms with E-state index in [0.717, 1.165) is 38.6 Å². The second kappa shape index (κ2) is 8.17. The van der Waals surface area contributed by atoms with E-state index in [2.05, 4.69) is 27.7 Å². The number of hydrogen-bond acceptors (Lipinski definition) is 4. The lowest BCUT2D eigenvalue weighted by Gasteiger charge is -2.35. The number of nitrogens with one attached hydrogen (secondary N) is 2. The Balaban J connectivity index is 2.10. The summed E-state index contributed by atoms with van der Waals surface area (Å²) in [7, 11) is 3.51. The predicted molar refractivity (Wildman–Crippen MR) is 87.8 cm³/mol. The highest BCUT2D eigenvalue weighted by atomic mass is 32.1. The van der Waals surface area contributed by atoms with Gasteiger partial charge in [-0.1, -0.05) is 12.1 Å². The molecule has 1 heterocycles. The third-order valence-electron chi connectivity index (χ3n) is 3.67. The monoisotopic (exact) mass is 309 g/mol. The van der Waals surface area contributed by atoms with Crippen molar-refractivity contribution in [1.82, 2.24) is 15.5 Å². The molecule has 1 unspecified atom stereocenters. The van der Waals surface area contributed by atoms with Gasteiger partial charge in [0.05, 0.1) is 26.4 Å². The molecular formula is C15H23N3O2S. The van der Waals surface area contributed by atoms with Crippen LogP contribution < -0.4 is 15.4 Å². The summed E-state index contributed by atoms with van der Waals surface area (Å²) in [6, 6.07) is 8.50. The number of morpholine rings is 1. The number of methoxy groups -OCH3 is 1. The van der Waals surface area contributed by atoms with Crippen molar-refractivity contribution in [3.63, 3.8) is 0 Å². The van der Waals surface area contributed by atoms with Gasteiger partial charge in [0.25, 0.3) is 0 Å². The van der Waals surface area contributed by atoms with Crippen LogP contribution in [0.5, 0.6) is 5.75 Å². The van der Waals surface area contributed by atoms with Crippen molar-refractivity contribution in [2.24, 2.45) is 0 Å². The molecule has 6 heteroatoms. The van der Waals surface area contributed by atoms with Crippen LogP contribution in [0.15, 0.2) is 24.3 Å². The molecule has 0 aliphatic carbocycles. The Morgan fingerprint density at radius 3 is 2.57 bits per heavy atom. The van der Waals surface area contributed by atoms with Gasteiger partial charge in [0.1, 0.15) is 5.75 Å². The molecule has 1 saturated heterocycles. The van der Waals surface area contributed by atoms with Crippen molar-refractivity contribution in [3.8, 4) is 5.75 Å². The third kappa shape index (κ3) is 4.56. The van der Waals surface area contributed by atoms with Gasteiger partial charge in [-0.2, -0.15) is 0 Å². The molecule has 0 saturated carbocycles. The quantitative estimate of drug-likeness (QED) is 0.796. The summed E-state index contributed by atoms with van der Waals surface area (Å²) in [5.74, 6) is 0.873. The first-order chi connectivity index (χ1) is 10.2. The van der Waals surface area contributed by atoms with Gasteiger partial charge in [0, 0.05) is 26.7 Å². The van der Waals surface area contributed by atoms with E-state index in [1.807, 2.05) is 19.2 Å². The lowest BCUT2D eigenvalue weighted by molar-refractivity contribution is 0.0170. The second-order valence-electron chi connectivity index (χ2n) is 4.90. The molecule has 0 radical (unpaired) electrons. The highest BCUT2D eigenvalue weighted by molar-refractivity contribution is 7.80. The third-order valence-corrected chi connectivity index (χ3v) is 4.02. The van der Waals surface area contributed by atoms with Gasteiger partial charge in [-0.25, -0.2) is 0 Å². The van der Waals surface area contributed by atoms with E-state index in [0.29, 0.717) is 5.11 Å². The molecule has 1 aliphatic rings. The first-order valence-corrected chi connectivity index (χ1v) is 7.56. The minimum Gasteiger partial charge on any atom is -0.497 e. The van der Waals surface area contributed by atoms with Gasteiger partial charge in [-0.3, -0.25) is 4.90 Å².